The molecule has 3 N–H and O–H groups in total. The molecular weight excluding hydrogens is 685 g/mol. The number of nitrogens with zero attached hydrogens (tertiary/aromatic N) is 1. The van der Waals surface area contributed by atoms with E-state index in [1.54, 1.807) is 0 Å². The van der Waals surface area contributed by atoms with Crippen molar-refractivity contribution in [2.45, 2.75) is 80.7 Å². The van der Waals surface area contributed by atoms with Gasteiger partial charge in [0, 0.05) is 18.5 Å². The van der Waals surface area contributed by atoms with E-state index < -0.39 is 45.9 Å². The highest BCUT2D eigenvalue weighted by Crippen LogP contribution is 2.25. The van der Waals surface area contributed by atoms with E-state index in [0.29, 0.717) is 29.8 Å². The van der Waals surface area contributed by atoms with Crippen molar-refractivity contribution in [3.8, 4) is 0 Å². The molecule has 0 radical (unpaired) electrons. The van der Waals surface area contributed by atoms with Crippen molar-refractivity contribution in [2.75, 3.05) is 35.3 Å². The Morgan fingerprint density at radius 2 is 1.02 bits per heavy atom. The minimum absolute atomic E-state index is 0.00306. The zero-order chi connectivity index (χ0) is 35.8. The first kappa shape index (κ1) is 42.0. The van der Waals surface area contributed by atoms with Gasteiger partial charge in [0.1, 0.15) is 9.84 Å². The molecule has 0 aromatic rings. The molecule has 2 atom stereocenters. The van der Waals surface area contributed by atoms with Gasteiger partial charge in [0.2, 0.25) is 41.9 Å². The third-order valence-electron chi connectivity index (χ3n) is 8.16. The van der Waals surface area contributed by atoms with Gasteiger partial charge in [-0.2, -0.15) is 0 Å². The molecule has 15 nitrogen and oxygen atoms in total. The fourth-order valence-corrected chi connectivity index (χ4v) is 10.2. The van der Waals surface area contributed by atoms with E-state index >= 15 is 0 Å². The Balaban J connectivity index is 0.000000307. The molecule has 4 aliphatic rings. The van der Waals surface area contributed by atoms with Crippen molar-refractivity contribution in [3.63, 3.8) is 0 Å². The number of hydrogen-bond acceptors (Lipinski definition) is 11. The van der Waals surface area contributed by atoms with E-state index in [4.69, 9.17) is 0 Å². The molecule has 4 rings (SSSR count). The predicted molar refractivity (Wildman–Crippen MR) is 176 cm³/mol. The lowest BCUT2D eigenvalue weighted by Crippen LogP contribution is -2.53. The van der Waals surface area contributed by atoms with Gasteiger partial charge in [-0.05, 0) is 56.8 Å². The number of rotatable bonds is 4. The second-order valence-corrected chi connectivity index (χ2v) is 21.0. The molecule has 0 spiro atoms. The number of sulfone groups is 1. The lowest BCUT2D eigenvalue weighted by Gasteiger charge is -2.30. The summed E-state index contributed by atoms with van der Waals surface area (Å²) >= 11 is 0. The molecule has 4 aliphatic heterocycles. The van der Waals surface area contributed by atoms with Gasteiger partial charge in [0.05, 0.1) is 34.7 Å². The zero-order valence-electron chi connectivity index (χ0n) is 28.0. The molecule has 2 unspecified atom stereocenters. The Bertz CT molecular complexity index is 1430. The Morgan fingerprint density at radius 1 is 0.565 bits per heavy atom. The number of amides is 4. The van der Waals surface area contributed by atoms with Gasteiger partial charge >= 0.3 is 6.03 Å². The summed E-state index contributed by atoms with van der Waals surface area (Å²) in [4.78, 5) is 34.7. The third kappa shape index (κ3) is 14.4. The molecule has 46 heavy (non-hydrogen) atoms. The van der Waals surface area contributed by atoms with Gasteiger partial charge in [-0.15, -0.1) is 0 Å². The summed E-state index contributed by atoms with van der Waals surface area (Å²) in [5.41, 5.74) is 0. The standard InChI is InChI=1S/C8H16O2S.C7H13NO3S.C6H12N2O3S.C6H11NO3S/c1-7(2)8-3-5-11(9,10)6-4-8;1-5(2)6-3-4-12(10,11)8-7(6)9;1-5(2)8-3-4-12(10,11)7-6(8)9;1-4(2)5-3-11(9,10)7-6(5)8/h7-8H,3-6H2,1-2H3;5-6H,3-4H2,1-2H3,(H,8,9);5H,3-4H2,1-2H3,(H,7,9);4-5H,3H2,1-2H3,(H,7,8). The van der Waals surface area contributed by atoms with Crippen LogP contribution in [0.15, 0.2) is 0 Å². The van der Waals surface area contributed by atoms with E-state index in [0.717, 1.165) is 12.8 Å². The molecule has 4 saturated heterocycles. The number of carbonyl (C=O) groups is 3. The molecule has 19 heteroatoms. The Hall–Kier alpha value is -1.99. The fourth-order valence-electron chi connectivity index (χ4n) is 5.04. The SMILES string of the molecule is CC(C)C1CCS(=O)(=O)CC1.CC(C)C1CCS(=O)(=O)NC1=O.CC(C)C1CS(=O)(=O)NC1=O.CC(C)N1CCS(=O)(=O)NC1=O. The zero-order valence-corrected chi connectivity index (χ0v) is 31.2. The maximum absolute atomic E-state index is 11.2. The summed E-state index contributed by atoms with van der Waals surface area (Å²) in [6, 6.07) is -0.475. The molecule has 4 amide bonds. The van der Waals surface area contributed by atoms with Crippen molar-refractivity contribution >= 4 is 57.8 Å². The molecule has 4 heterocycles. The molecule has 0 aliphatic carbocycles. The van der Waals surface area contributed by atoms with E-state index in [9.17, 15) is 48.1 Å². The first-order valence-corrected chi connectivity index (χ1v) is 22.2. The first-order chi connectivity index (χ1) is 20.8. The highest BCUT2D eigenvalue weighted by atomic mass is 32.2. The highest BCUT2D eigenvalue weighted by molar-refractivity contribution is 7.91. The van der Waals surface area contributed by atoms with E-state index in [2.05, 4.69) is 13.8 Å². The molecule has 0 bridgehead atoms. The van der Waals surface area contributed by atoms with E-state index in [1.807, 2.05) is 55.7 Å². The van der Waals surface area contributed by atoms with Crippen molar-refractivity contribution in [2.24, 2.45) is 35.5 Å². The summed E-state index contributed by atoms with van der Waals surface area (Å²) in [7, 11) is -12.6. The van der Waals surface area contributed by atoms with Gasteiger partial charge in [-0.25, -0.2) is 43.2 Å². The average Bonchev–Trinajstić information content (AvgIpc) is 3.15. The topological polar surface area (TPSA) is 227 Å². The minimum Gasteiger partial charge on any atom is -0.320 e. The van der Waals surface area contributed by atoms with Crippen molar-refractivity contribution in [1.82, 2.24) is 19.1 Å². The number of nitrogens with one attached hydrogen (secondary N) is 3. The summed E-state index contributed by atoms with van der Waals surface area (Å²) in [6.07, 6.45) is 2.20. The molecule has 4 fully saturated rings. The van der Waals surface area contributed by atoms with E-state index in [1.165, 1.54) is 4.90 Å². The predicted octanol–water partition coefficient (Wildman–Crippen LogP) is 1.04. The second kappa shape index (κ2) is 16.9. The number of sulfonamides is 3. The molecule has 0 saturated carbocycles. The highest BCUT2D eigenvalue weighted by Gasteiger charge is 2.37. The van der Waals surface area contributed by atoms with E-state index in [-0.39, 0.29) is 65.3 Å². The normalized spacial score (nSPS) is 26.4. The quantitative estimate of drug-likeness (QED) is 0.370. The Kier molecular flexibility index (Phi) is 15.4. The van der Waals surface area contributed by atoms with Crippen LogP contribution in [0.25, 0.3) is 0 Å². The molecule has 270 valence electrons. The smallest absolute Gasteiger partial charge is 0.320 e. The number of urea groups is 1. The number of carbonyl (C=O) groups excluding carboxylic acids is 3. The van der Waals surface area contributed by atoms with Crippen LogP contribution in [0.3, 0.4) is 0 Å². The lowest BCUT2D eigenvalue weighted by molar-refractivity contribution is -0.125. The largest absolute Gasteiger partial charge is 0.331 e. The fraction of sp³-hybridized carbons (Fsp3) is 0.889. The Labute approximate surface area is 275 Å². The van der Waals surface area contributed by atoms with Crippen LogP contribution >= 0.6 is 0 Å². The monoisotopic (exact) mass is 736 g/mol. The van der Waals surface area contributed by atoms with Crippen LogP contribution in [-0.2, 0) is 49.5 Å². The average molecular weight is 737 g/mol. The second-order valence-electron chi connectivity index (χ2n) is 13.3. The van der Waals surface area contributed by atoms with Crippen molar-refractivity contribution in [3.05, 3.63) is 0 Å². The molecule has 0 aromatic heterocycles. The summed E-state index contributed by atoms with van der Waals surface area (Å²) in [5, 5.41) is 0. The maximum atomic E-state index is 11.2. The van der Waals surface area contributed by atoms with Crippen molar-refractivity contribution in [1.29, 1.82) is 0 Å². The first-order valence-electron chi connectivity index (χ1n) is 15.4. The van der Waals surface area contributed by atoms with Gasteiger partial charge in [-0.3, -0.25) is 19.0 Å². The summed E-state index contributed by atoms with van der Waals surface area (Å²) in [6.45, 7) is 15.8. The third-order valence-corrected chi connectivity index (χ3v) is 13.7. The lowest BCUT2D eigenvalue weighted by atomic mass is 9.91. The van der Waals surface area contributed by atoms with Crippen LogP contribution in [0, 0.1) is 35.5 Å². The van der Waals surface area contributed by atoms with Crippen LogP contribution in [0.1, 0.15) is 74.7 Å². The van der Waals surface area contributed by atoms with Gasteiger partial charge in [0.25, 0.3) is 0 Å². The van der Waals surface area contributed by atoms with Crippen LogP contribution in [0.4, 0.5) is 4.79 Å². The van der Waals surface area contributed by atoms with Crippen LogP contribution in [0.2, 0.25) is 0 Å². The molecular formula is C27H52N4O11S4. The van der Waals surface area contributed by atoms with Crippen LogP contribution < -0.4 is 14.2 Å². The summed E-state index contributed by atoms with van der Waals surface area (Å²) in [5.74, 6) is 1.20. The minimum atomic E-state index is -3.34. The van der Waals surface area contributed by atoms with Gasteiger partial charge < -0.3 is 4.90 Å². The Morgan fingerprint density at radius 3 is 1.37 bits per heavy atom. The van der Waals surface area contributed by atoms with Crippen molar-refractivity contribution < 1.29 is 48.1 Å². The molecule has 0 aromatic carbocycles. The van der Waals surface area contributed by atoms with Gasteiger partial charge in [-0.1, -0.05) is 41.5 Å². The van der Waals surface area contributed by atoms with Crippen LogP contribution in [0.5, 0.6) is 0 Å². The van der Waals surface area contributed by atoms with Gasteiger partial charge in [0.15, 0.2) is 0 Å². The van der Waals surface area contributed by atoms with Crippen LogP contribution in [-0.4, -0.2) is 97.8 Å². The summed E-state index contributed by atoms with van der Waals surface area (Å²) < 4.78 is 93.1. The maximum Gasteiger partial charge on any atom is 0.331 e. The number of hydrogen-bond donors (Lipinski definition) is 3.